The summed E-state index contributed by atoms with van der Waals surface area (Å²) in [6, 6.07) is 8.08. The maximum atomic E-state index is 5.84. The third-order valence-electron chi connectivity index (χ3n) is 2.93. The third kappa shape index (κ3) is 3.39. The van der Waals surface area contributed by atoms with Gasteiger partial charge in [-0.25, -0.2) is 0 Å². The van der Waals surface area contributed by atoms with E-state index in [2.05, 4.69) is 49.9 Å². The number of benzene rings is 1. The zero-order valence-electron chi connectivity index (χ0n) is 11.0. The van der Waals surface area contributed by atoms with Crippen LogP contribution in [0.4, 0.5) is 0 Å². The van der Waals surface area contributed by atoms with Crippen molar-refractivity contribution < 1.29 is 4.74 Å². The van der Waals surface area contributed by atoms with Crippen LogP contribution in [-0.4, -0.2) is 9.78 Å². The Bertz CT molecular complexity index is 567. The maximum Gasteiger partial charge on any atom is 0.131 e. The van der Waals surface area contributed by atoms with Crippen LogP contribution in [0.5, 0.6) is 5.75 Å². The molecule has 0 saturated heterocycles. The van der Waals surface area contributed by atoms with Crippen LogP contribution < -0.4 is 4.74 Å². The van der Waals surface area contributed by atoms with Gasteiger partial charge >= 0.3 is 0 Å². The quantitative estimate of drug-likeness (QED) is 0.718. The summed E-state index contributed by atoms with van der Waals surface area (Å²) in [5.41, 5.74) is 3.33. The minimum absolute atomic E-state index is 0.510. The van der Waals surface area contributed by atoms with E-state index in [0.29, 0.717) is 6.61 Å². The van der Waals surface area contributed by atoms with Gasteiger partial charge in [-0.1, -0.05) is 35.0 Å². The molecule has 102 valence electrons. The van der Waals surface area contributed by atoms with Crippen molar-refractivity contribution in [3.8, 4) is 5.75 Å². The molecule has 0 spiro atoms. The van der Waals surface area contributed by atoms with Crippen molar-refractivity contribution >= 4 is 31.9 Å². The van der Waals surface area contributed by atoms with E-state index in [1.165, 1.54) is 5.56 Å². The summed E-state index contributed by atoms with van der Waals surface area (Å²) in [6.07, 6.45) is 0.910. The lowest BCUT2D eigenvalue weighted by molar-refractivity contribution is 0.294. The number of hydrogen-bond acceptors (Lipinski definition) is 2. The summed E-state index contributed by atoms with van der Waals surface area (Å²) in [5.74, 6) is 0.878. The molecule has 0 fully saturated rings. The fraction of sp³-hybridized carbons (Fsp3) is 0.357. The van der Waals surface area contributed by atoms with Crippen molar-refractivity contribution in [1.29, 1.82) is 0 Å². The van der Waals surface area contributed by atoms with Crippen LogP contribution in [0.2, 0.25) is 0 Å². The number of ether oxygens (including phenoxy) is 1. The molecular formula is C14H16Br2N2O. The zero-order valence-corrected chi connectivity index (χ0v) is 14.2. The van der Waals surface area contributed by atoms with Crippen LogP contribution >= 0.6 is 31.9 Å². The SMILES string of the molecule is CCc1nn(C)c(COc2cccc(CBr)c2)c1Br. The molecule has 3 nitrogen and oxygen atoms in total. The lowest BCUT2D eigenvalue weighted by Gasteiger charge is -2.08. The first-order valence-corrected chi connectivity index (χ1v) is 8.05. The van der Waals surface area contributed by atoms with Gasteiger partial charge < -0.3 is 4.74 Å². The van der Waals surface area contributed by atoms with E-state index in [9.17, 15) is 0 Å². The number of alkyl halides is 1. The van der Waals surface area contributed by atoms with Gasteiger partial charge in [0, 0.05) is 12.4 Å². The van der Waals surface area contributed by atoms with Crippen molar-refractivity contribution in [1.82, 2.24) is 9.78 Å². The normalized spacial score (nSPS) is 10.7. The monoisotopic (exact) mass is 386 g/mol. The molecular weight excluding hydrogens is 372 g/mol. The predicted molar refractivity (Wildman–Crippen MR) is 83.7 cm³/mol. The van der Waals surface area contributed by atoms with Crippen molar-refractivity contribution in [3.05, 3.63) is 45.7 Å². The molecule has 0 amide bonds. The van der Waals surface area contributed by atoms with Gasteiger partial charge in [0.2, 0.25) is 0 Å². The number of hydrogen-bond donors (Lipinski definition) is 0. The van der Waals surface area contributed by atoms with E-state index < -0.39 is 0 Å². The molecule has 2 aromatic rings. The lowest BCUT2D eigenvalue weighted by atomic mass is 10.2. The van der Waals surface area contributed by atoms with E-state index in [1.807, 2.05) is 29.9 Å². The molecule has 1 heterocycles. The van der Waals surface area contributed by atoms with Crippen LogP contribution in [-0.2, 0) is 25.4 Å². The summed E-state index contributed by atoms with van der Waals surface area (Å²) < 4.78 is 8.76. The molecule has 1 aromatic heterocycles. The standard InChI is InChI=1S/C14H16Br2N2O/c1-3-12-14(16)13(18(2)17-12)9-19-11-6-4-5-10(7-11)8-15/h4-7H,3,8-9H2,1-2H3. The second-order valence-corrected chi connectivity index (χ2v) is 5.61. The van der Waals surface area contributed by atoms with Crippen LogP contribution in [0.25, 0.3) is 0 Å². The van der Waals surface area contributed by atoms with Crippen LogP contribution in [0.15, 0.2) is 28.7 Å². The molecule has 0 atom stereocenters. The fourth-order valence-corrected chi connectivity index (χ4v) is 2.93. The van der Waals surface area contributed by atoms with E-state index in [4.69, 9.17) is 4.74 Å². The van der Waals surface area contributed by atoms with Gasteiger partial charge in [0.1, 0.15) is 12.4 Å². The van der Waals surface area contributed by atoms with Crippen LogP contribution in [0.3, 0.4) is 0 Å². The molecule has 0 unspecified atom stereocenters. The van der Waals surface area contributed by atoms with Crippen LogP contribution in [0, 0.1) is 0 Å². The Morgan fingerprint density at radius 1 is 1.37 bits per heavy atom. The zero-order chi connectivity index (χ0) is 13.8. The third-order valence-corrected chi connectivity index (χ3v) is 4.49. The van der Waals surface area contributed by atoms with E-state index in [-0.39, 0.29) is 0 Å². The minimum Gasteiger partial charge on any atom is -0.487 e. The van der Waals surface area contributed by atoms with Gasteiger partial charge in [0.05, 0.1) is 15.9 Å². The molecule has 0 aliphatic carbocycles. The highest BCUT2D eigenvalue weighted by atomic mass is 79.9. The Balaban J connectivity index is 2.12. The number of rotatable bonds is 5. The number of aromatic nitrogens is 2. The summed E-state index contributed by atoms with van der Waals surface area (Å²) >= 11 is 7.04. The molecule has 0 N–H and O–H groups in total. The number of aryl methyl sites for hydroxylation is 2. The first-order valence-electron chi connectivity index (χ1n) is 6.13. The largest absolute Gasteiger partial charge is 0.487 e. The van der Waals surface area contributed by atoms with E-state index >= 15 is 0 Å². The molecule has 1 aromatic carbocycles. The average Bonchev–Trinajstić information content (AvgIpc) is 2.71. The number of nitrogens with zero attached hydrogens (tertiary/aromatic N) is 2. The first-order chi connectivity index (χ1) is 9.15. The highest BCUT2D eigenvalue weighted by Gasteiger charge is 2.12. The van der Waals surface area contributed by atoms with Gasteiger partial charge in [-0.2, -0.15) is 5.10 Å². The summed E-state index contributed by atoms with van der Waals surface area (Å²) in [4.78, 5) is 0. The first kappa shape index (κ1) is 14.6. The van der Waals surface area contributed by atoms with Gasteiger partial charge in [0.15, 0.2) is 0 Å². The predicted octanol–water partition coefficient (Wildman–Crippen LogP) is 4.22. The second-order valence-electron chi connectivity index (χ2n) is 4.25. The average molecular weight is 388 g/mol. The lowest BCUT2D eigenvalue weighted by Crippen LogP contribution is -2.03. The Kier molecular flexibility index (Phi) is 5.05. The molecule has 19 heavy (non-hydrogen) atoms. The highest BCUT2D eigenvalue weighted by molar-refractivity contribution is 9.10. The summed E-state index contributed by atoms with van der Waals surface area (Å²) in [7, 11) is 1.94. The number of halogens is 2. The Labute approximate surface area is 130 Å². The Hall–Kier alpha value is -0.810. The Morgan fingerprint density at radius 3 is 2.79 bits per heavy atom. The second kappa shape index (κ2) is 6.57. The minimum atomic E-state index is 0.510. The van der Waals surface area contributed by atoms with Gasteiger partial charge in [0.25, 0.3) is 0 Å². The van der Waals surface area contributed by atoms with Crippen molar-refractivity contribution in [2.45, 2.75) is 25.3 Å². The van der Waals surface area contributed by atoms with Crippen molar-refractivity contribution in [3.63, 3.8) is 0 Å². The Morgan fingerprint density at radius 2 is 2.16 bits per heavy atom. The molecule has 0 aliphatic rings. The van der Waals surface area contributed by atoms with Crippen LogP contribution in [0.1, 0.15) is 23.9 Å². The van der Waals surface area contributed by atoms with E-state index in [1.54, 1.807) is 0 Å². The highest BCUT2D eigenvalue weighted by Crippen LogP contribution is 2.23. The van der Waals surface area contributed by atoms with E-state index in [0.717, 1.165) is 33.4 Å². The van der Waals surface area contributed by atoms with Crippen molar-refractivity contribution in [2.24, 2.45) is 7.05 Å². The molecule has 5 heteroatoms. The molecule has 2 rings (SSSR count). The maximum absolute atomic E-state index is 5.84. The summed E-state index contributed by atoms with van der Waals surface area (Å²) in [6.45, 7) is 2.60. The van der Waals surface area contributed by atoms with Crippen molar-refractivity contribution in [2.75, 3.05) is 0 Å². The smallest absolute Gasteiger partial charge is 0.131 e. The summed E-state index contributed by atoms with van der Waals surface area (Å²) in [5, 5.41) is 5.29. The molecule has 0 aliphatic heterocycles. The van der Waals surface area contributed by atoms with Gasteiger partial charge in [-0.05, 0) is 40.0 Å². The molecule has 0 radical (unpaired) electrons. The van der Waals surface area contributed by atoms with Gasteiger partial charge in [-0.3, -0.25) is 4.68 Å². The van der Waals surface area contributed by atoms with Gasteiger partial charge in [-0.15, -0.1) is 0 Å². The fourth-order valence-electron chi connectivity index (χ4n) is 1.85. The topological polar surface area (TPSA) is 27.1 Å². The molecule has 0 saturated carbocycles. The molecule has 0 bridgehead atoms.